The predicted molar refractivity (Wildman–Crippen MR) is 62.8 cm³/mol. The zero-order chi connectivity index (χ0) is 12.4. The van der Waals surface area contributed by atoms with Crippen LogP contribution in [0.2, 0.25) is 0 Å². The van der Waals surface area contributed by atoms with Gasteiger partial charge < -0.3 is 5.11 Å². The summed E-state index contributed by atoms with van der Waals surface area (Å²) in [6.07, 6.45) is 1.22. The molecule has 0 amide bonds. The maximum Gasteiger partial charge on any atom is 0.308 e. The minimum atomic E-state index is -0.880. The minimum Gasteiger partial charge on any atom is -0.481 e. The second-order valence-corrected chi connectivity index (χ2v) is 3.95. The van der Waals surface area contributed by atoms with E-state index in [0.717, 1.165) is 0 Å². The van der Waals surface area contributed by atoms with Crippen LogP contribution >= 0.6 is 0 Å². The van der Waals surface area contributed by atoms with Gasteiger partial charge in [0.2, 0.25) is 5.43 Å². The highest BCUT2D eigenvalue weighted by Crippen LogP contribution is 2.10. The van der Waals surface area contributed by atoms with E-state index in [1.807, 2.05) is 0 Å². The van der Waals surface area contributed by atoms with Gasteiger partial charge in [-0.2, -0.15) is 5.10 Å². The molecular weight excluding hydrogens is 220 g/mol. The Balaban J connectivity index is 2.52. The van der Waals surface area contributed by atoms with Crippen molar-refractivity contribution in [3.63, 3.8) is 0 Å². The van der Waals surface area contributed by atoms with E-state index in [0.29, 0.717) is 10.9 Å². The van der Waals surface area contributed by atoms with Crippen molar-refractivity contribution in [1.29, 1.82) is 0 Å². The van der Waals surface area contributed by atoms with Crippen LogP contribution in [0.5, 0.6) is 0 Å². The second kappa shape index (κ2) is 4.37. The molecule has 0 spiro atoms. The van der Waals surface area contributed by atoms with Crippen LogP contribution in [-0.4, -0.2) is 20.9 Å². The number of carboxylic acid groups (broad SMARTS) is 1. The van der Waals surface area contributed by atoms with Crippen molar-refractivity contribution in [3.8, 4) is 0 Å². The molecular formula is C12H12N2O3. The monoisotopic (exact) mass is 232 g/mol. The third kappa shape index (κ3) is 2.18. The highest BCUT2D eigenvalue weighted by atomic mass is 16.4. The van der Waals surface area contributed by atoms with E-state index in [4.69, 9.17) is 5.11 Å². The van der Waals surface area contributed by atoms with Gasteiger partial charge in [0.05, 0.1) is 24.2 Å². The lowest BCUT2D eigenvalue weighted by Gasteiger charge is -2.11. The van der Waals surface area contributed by atoms with Gasteiger partial charge in [-0.25, -0.2) is 0 Å². The molecule has 2 rings (SSSR count). The second-order valence-electron chi connectivity index (χ2n) is 3.95. The topological polar surface area (TPSA) is 72.2 Å². The largest absolute Gasteiger partial charge is 0.481 e. The molecule has 0 saturated carbocycles. The minimum absolute atomic E-state index is 0.153. The zero-order valence-electron chi connectivity index (χ0n) is 9.33. The van der Waals surface area contributed by atoms with Crippen molar-refractivity contribution < 1.29 is 9.90 Å². The van der Waals surface area contributed by atoms with Gasteiger partial charge in [-0.1, -0.05) is 19.1 Å². The molecule has 0 aliphatic carbocycles. The first-order chi connectivity index (χ1) is 8.09. The third-order valence-electron chi connectivity index (χ3n) is 2.63. The van der Waals surface area contributed by atoms with Gasteiger partial charge in [0, 0.05) is 5.39 Å². The van der Waals surface area contributed by atoms with Gasteiger partial charge in [-0.15, -0.1) is 0 Å². The smallest absolute Gasteiger partial charge is 0.308 e. The van der Waals surface area contributed by atoms with E-state index >= 15 is 0 Å². The summed E-state index contributed by atoms with van der Waals surface area (Å²) >= 11 is 0. The van der Waals surface area contributed by atoms with Gasteiger partial charge in [-0.3, -0.25) is 14.3 Å². The van der Waals surface area contributed by atoms with E-state index in [1.54, 1.807) is 35.9 Å². The molecule has 1 aromatic carbocycles. The Kier molecular flexibility index (Phi) is 2.91. The number of hydrogen-bond donors (Lipinski definition) is 1. The Morgan fingerprint density at radius 1 is 1.47 bits per heavy atom. The maximum atomic E-state index is 11.6. The molecule has 88 valence electrons. The number of nitrogens with zero attached hydrogens (tertiary/aromatic N) is 2. The molecule has 5 nitrogen and oxygen atoms in total. The van der Waals surface area contributed by atoms with Crippen LogP contribution in [0.4, 0.5) is 0 Å². The number of carbonyl (C=O) groups is 1. The Labute approximate surface area is 97.3 Å². The summed E-state index contributed by atoms with van der Waals surface area (Å²) in [5, 5.41) is 13.4. The van der Waals surface area contributed by atoms with E-state index < -0.39 is 11.9 Å². The van der Waals surface area contributed by atoms with Crippen LogP contribution in [0.3, 0.4) is 0 Å². The van der Waals surface area contributed by atoms with E-state index in [9.17, 15) is 9.59 Å². The molecule has 0 aliphatic heterocycles. The average Bonchev–Trinajstić information content (AvgIpc) is 2.33. The summed E-state index contributed by atoms with van der Waals surface area (Å²) in [6, 6.07) is 7.04. The first-order valence-electron chi connectivity index (χ1n) is 5.27. The van der Waals surface area contributed by atoms with Crippen LogP contribution in [0.25, 0.3) is 10.9 Å². The number of hydrogen-bond acceptors (Lipinski definition) is 3. The first-order valence-corrected chi connectivity index (χ1v) is 5.27. The Morgan fingerprint density at radius 2 is 2.18 bits per heavy atom. The average molecular weight is 232 g/mol. The van der Waals surface area contributed by atoms with E-state index in [2.05, 4.69) is 5.10 Å². The van der Waals surface area contributed by atoms with Gasteiger partial charge in [-0.05, 0) is 12.1 Å². The van der Waals surface area contributed by atoms with Crippen molar-refractivity contribution in [2.24, 2.45) is 5.92 Å². The number of rotatable bonds is 3. The van der Waals surface area contributed by atoms with E-state index in [1.165, 1.54) is 6.20 Å². The van der Waals surface area contributed by atoms with Crippen molar-refractivity contribution in [2.45, 2.75) is 13.5 Å². The lowest BCUT2D eigenvalue weighted by molar-refractivity contribution is -0.141. The van der Waals surface area contributed by atoms with Gasteiger partial charge in [0.15, 0.2) is 0 Å². The van der Waals surface area contributed by atoms with Crippen LogP contribution in [0, 0.1) is 5.92 Å². The van der Waals surface area contributed by atoms with Crippen LogP contribution in [0.15, 0.2) is 35.3 Å². The maximum absolute atomic E-state index is 11.6. The third-order valence-corrected chi connectivity index (χ3v) is 2.63. The zero-order valence-corrected chi connectivity index (χ0v) is 9.33. The summed E-state index contributed by atoms with van der Waals surface area (Å²) in [6.45, 7) is 1.85. The molecule has 0 radical (unpaired) electrons. The number of benzene rings is 1. The summed E-state index contributed by atoms with van der Waals surface area (Å²) in [4.78, 5) is 22.4. The molecule has 1 atom stereocenters. The molecule has 1 unspecified atom stereocenters. The fourth-order valence-corrected chi connectivity index (χ4v) is 1.64. The van der Waals surface area contributed by atoms with E-state index in [-0.39, 0.29) is 12.0 Å². The number of para-hydroxylation sites is 1. The predicted octanol–water partition coefficient (Wildman–Crippen LogP) is 1.12. The van der Waals surface area contributed by atoms with Crippen molar-refractivity contribution in [1.82, 2.24) is 9.78 Å². The summed E-state index contributed by atoms with van der Waals surface area (Å²) in [5.74, 6) is -1.43. The van der Waals surface area contributed by atoms with Gasteiger partial charge >= 0.3 is 5.97 Å². The van der Waals surface area contributed by atoms with Crippen molar-refractivity contribution in [2.75, 3.05) is 0 Å². The van der Waals surface area contributed by atoms with Crippen LogP contribution in [0.1, 0.15) is 6.92 Å². The molecule has 0 aliphatic rings. The Hall–Kier alpha value is -2.17. The molecule has 2 aromatic rings. The highest BCUT2D eigenvalue weighted by Gasteiger charge is 2.13. The normalized spacial score (nSPS) is 12.5. The first kappa shape index (κ1) is 11.3. The van der Waals surface area contributed by atoms with Crippen LogP contribution in [-0.2, 0) is 11.3 Å². The molecule has 0 saturated heterocycles. The summed E-state index contributed by atoms with van der Waals surface area (Å²) < 4.78 is 1.55. The number of carboxylic acids is 1. The lowest BCUT2D eigenvalue weighted by Crippen LogP contribution is -2.20. The molecule has 0 bridgehead atoms. The van der Waals surface area contributed by atoms with Gasteiger partial charge in [0.1, 0.15) is 0 Å². The standard InChI is InChI=1S/C12H12N2O3/c1-8(12(16)17)7-14-10-5-3-2-4-9(10)11(15)6-13-14/h2-6,8H,7H2,1H3,(H,16,17). The van der Waals surface area contributed by atoms with Crippen molar-refractivity contribution in [3.05, 3.63) is 40.7 Å². The number of fused-ring (bicyclic) bond motifs is 1. The molecule has 17 heavy (non-hydrogen) atoms. The fourth-order valence-electron chi connectivity index (χ4n) is 1.64. The summed E-state index contributed by atoms with van der Waals surface area (Å²) in [7, 11) is 0. The molecule has 1 aromatic heterocycles. The Bertz CT molecular complexity index is 618. The number of aliphatic carboxylic acids is 1. The quantitative estimate of drug-likeness (QED) is 0.860. The molecule has 0 fully saturated rings. The SMILES string of the molecule is CC(Cn1ncc(=O)c2ccccc21)C(=O)O. The molecule has 5 heteroatoms. The van der Waals surface area contributed by atoms with Crippen LogP contribution < -0.4 is 5.43 Å². The van der Waals surface area contributed by atoms with Gasteiger partial charge in [0.25, 0.3) is 0 Å². The fraction of sp³-hybridized carbons (Fsp3) is 0.250. The summed E-state index contributed by atoms with van der Waals surface area (Å²) in [5.41, 5.74) is 0.507. The lowest BCUT2D eigenvalue weighted by atomic mass is 10.1. The Morgan fingerprint density at radius 3 is 2.88 bits per heavy atom. The number of aromatic nitrogens is 2. The molecule has 1 N–H and O–H groups in total. The molecule has 1 heterocycles. The van der Waals surface area contributed by atoms with Crippen molar-refractivity contribution >= 4 is 16.9 Å². The highest BCUT2D eigenvalue weighted by molar-refractivity contribution is 5.78.